The largest absolute Gasteiger partial charge is 0.463 e. The lowest BCUT2D eigenvalue weighted by atomic mass is 9.98. The first-order chi connectivity index (χ1) is 24.2. The van der Waals surface area contributed by atoms with Gasteiger partial charge >= 0.3 is 30.1 Å². The fraction of sp³-hybridized carbons (Fsp3) is 0.457. The molecule has 0 bridgehead atoms. The Morgan fingerprint density at radius 2 is 1.39 bits per heavy atom. The molecule has 51 heavy (non-hydrogen) atoms. The molecule has 1 aliphatic heterocycles. The number of carbonyl (C=O) groups is 4. The van der Waals surface area contributed by atoms with Crippen molar-refractivity contribution in [2.75, 3.05) is 13.2 Å². The van der Waals surface area contributed by atoms with E-state index < -0.39 is 84.5 Å². The van der Waals surface area contributed by atoms with Gasteiger partial charge in [-0.2, -0.15) is 13.2 Å². The van der Waals surface area contributed by atoms with Gasteiger partial charge in [-0.05, 0) is 29.5 Å². The Balaban J connectivity index is 1.56. The summed E-state index contributed by atoms with van der Waals surface area (Å²) in [5.41, 5.74) is 0.939. The predicted molar refractivity (Wildman–Crippen MR) is 170 cm³/mol. The molecule has 5 atom stereocenters. The van der Waals surface area contributed by atoms with Crippen molar-refractivity contribution >= 4 is 23.9 Å². The van der Waals surface area contributed by atoms with Crippen LogP contribution >= 0.6 is 0 Å². The van der Waals surface area contributed by atoms with Crippen LogP contribution in [0.25, 0.3) is 0 Å². The van der Waals surface area contributed by atoms with Crippen molar-refractivity contribution in [3.8, 4) is 5.88 Å². The molecular weight excluding hydrogens is 681 g/mol. The van der Waals surface area contributed by atoms with Crippen molar-refractivity contribution in [2.45, 2.75) is 90.4 Å². The Morgan fingerprint density at radius 3 is 2.00 bits per heavy atom. The zero-order chi connectivity index (χ0) is 37.1. The summed E-state index contributed by atoms with van der Waals surface area (Å²) in [7, 11) is 0. The zero-order valence-electron chi connectivity index (χ0n) is 28.4. The van der Waals surface area contributed by atoms with E-state index in [9.17, 15) is 32.3 Å². The second-order valence-electron chi connectivity index (χ2n) is 11.7. The first-order valence-corrected chi connectivity index (χ1v) is 16.0. The Morgan fingerprint density at radius 1 is 0.784 bits per heavy atom. The molecule has 0 radical (unpaired) electrons. The summed E-state index contributed by atoms with van der Waals surface area (Å²) in [6.07, 6.45) is -11.6. The number of hydrogen-bond acceptors (Lipinski definition) is 12. The Hall–Kier alpha value is -4.96. The normalized spacial score (nSPS) is 20.3. The van der Waals surface area contributed by atoms with Crippen molar-refractivity contribution in [1.29, 1.82) is 0 Å². The Bertz CT molecular complexity index is 1630. The minimum absolute atomic E-state index is 0.285. The van der Waals surface area contributed by atoms with Crippen LogP contribution in [0.15, 0.2) is 54.6 Å². The highest BCUT2D eigenvalue weighted by atomic mass is 19.4. The summed E-state index contributed by atoms with van der Waals surface area (Å²) in [5, 5.41) is 5.73. The molecule has 1 saturated heterocycles. The van der Waals surface area contributed by atoms with E-state index in [1.807, 2.05) is 35.4 Å². The van der Waals surface area contributed by atoms with Crippen LogP contribution < -0.4 is 4.74 Å². The van der Waals surface area contributed by atoms with E-state index >= 15 is 0 Å². The average Bonchev–Trinajstić information content (AvgIpc) is 3.45. The molecule has 276 valence electrons. The summed E-state index contributed by atoms with van der Waals surface area (Å²) >= 11 is 0. The number of rotatable bonds is 15. The summed E-state index contributed by atoms with van der Waals surface area (Å²) in [5.74, 6) is -3.93. The van der Waals surface area contributed by atoms with Crippen molar-refractivity contribution in [3.05, 3.63) is 82.5 Å². The number of aromatic amines is 1. The second kappa shape index (κ2) is 17.8. The van der Waals surface area contributed by atoms with Gasteiger partial charge in [0, 0.05) is 40.7 Å². The van der Waals surface area contributed by atoms with Crippen LogP contribution in [0.3, 0.4) is 0 Å². The third kappa shape index (κ3) is 11.5. The van der Waals surface area contributed by atoms with Gasteiger partial charge in [0.2, 0.25) is 18.3 Å². The number of esters is 4. The number of aromatic nitrogens is 2. The van der Waals surface area contributed by atoms with E-state index in [1.165, 1.54) is 0 Å². The van der Waals surface area contributed by atoms with Gasteiger partial charge in [0.1, 0.15) is 18.4 Å². The van der Waals surface area contributed by atoms with E-state index in [2.05, 4.69) is 5.10 Å². The molecule has 0 aliphatic carbocycles. The SMILES string of the molecule is CC(=O)OC[C@H]1OC(Oc2n[nH]c(C(F)(F)F)c2Cc2ccc(CCCOCc3ccccc3)cc2)[C@H](OC(C)=O)[C@@H](OC(C)=O)[C@@H]1OC(C)=O. The number of hydrogen-bond donors (Lipinski definition) is 1. The standard InChI is InChI=1S/C35H39F3N2O11/c1-20(41)46-19-28-29(47-21(2)42)30(48-22(3)43)31(49-23(4)44)34(50-28)51-33-27(32(39-40-33)35(36,37)38)17-25-14-12-24(13-15-25)11-8-16-45-18-26-9-6-5-7-10-26/h5-7,9-10,12-15,28-31,34H,8,11,16-19H2,1-4H3,(H,39,40)/t28-,29-,30+,31-,34?/m1/s1. The molecule has 1 unspecified atom stereocenters. The fourth-order valence-corrected chi connectivity index (χ4v) is 5.41. The fourth-order valence-electron chi connectivity index (χ4n) is 5.41. The molecule has 16 heteroatoms. The van der Waals surface area contributed by atoms with Crippen molar-refractivity contribution in [1.82, 2.24) is 10.2 Å². The predicted octanol–water partition coefficient (Wildman–Crippen LogP) is 4.63. The van der Waals surface area contributed by atoms with Crippen LogP contribution in [-0.2, 0) is 73.2 Å². The number of ether oxygens (including phenoxy) is 7. The number of nitrogens with one attached hydrogen (secondary N) is 1. The molecule has 1 aliphatic rings. The number of benzene rings is 2. The van der Waals surface area contributed by atoms with Gasteiger partial charge in [-0.1, -0.05) is 54.6 Å². The minimum Gasteiger partial charge on any atom is -0.463 e. The van der Waals surface area contributed by atoms with Gasteiger partial charge in [-0.3, -0.25) is 24.3 Å². The lowest BCUT2D eigenvalue weighted by Crippen LogP contribution is -2.63. The van der Waals surface area contributed by atoms with E-state index in [0.29, 0.717) is 25.2 Å². The van der Waals surface area contributed by atoms with Gasteiger partial charge in [-0.15, -0.1) is 5.10 Å². The highest BCUT2D eigenvalue weighted by Crippen LogP contribution is 2.38. The second-order valence-corrected chi connectivity index (χ2v) is 11.7. The van der Waals surface area contributed by atoms with E-state index in [-0.39, 0.29) is 6.42 Å². The molecule has 4 rings (SSSR count). The monoisotopic (exact) mass is 720 g/mol. The third-order valence-electron chi connectivity index (χ3n) is 7.56. The number of H-pyrrole nitrogens is 1. The number of nitrogens with zero attached hydrogens (tertiary/aromatic N) is 1. The molecular formula is C35H39F3N2O11. The van der Waals surface area contributed by atoms with Crippen LogP contribution in [0.4, 0.5) is 13.2 Å². The van der Waals surface area contributed by atoms with Gasteiger partial charge < -0.3 is 33.2 Å². The highest BCUT2D eigenvalue weighted by molar-refractivity contribution is 5.68. The quantitative estimate of drug-likeness (QED) is 0.132. The maximum absolute atomic E-state index is 14.2. The molecule has 0 saturated carbocycles. The van der Waals surface area contributed by atoms with Crippen molar-refractivity contribution in [3.63, 3.8) is 0 Å². The van der Waals surface area contributed by atoms with E-state index in [1.54, 1.807) is 24.3 Å². The summed E-state index contributed by atoms with van der Waals surface area (Å²) in [6, 6.07) is 16.7. The van der Waals surface area contributed by atoms with E-state index in [4.69, 9.17) is 33.2 Å². The van der Waals surface area contributed by atoms with Crippen LogP contribution in [-0.4, -0.2) is 78.0 Å². The molecule has 2 aromatic carbocycles. The summed E-state index contributed by atoms with van der Waals surface area (Å²) in [4.78, 5) is 47.9. The maximum atomic E-state index is 14.2. The van der Waals surface area contributed by atoms with Gasteiger partial charge in [0.05, 0.1) is 12.2 Å². The Kier molecular flexibility index (Phi) is 13.6. The number of halogens is 3. The van der Waals surface area contributed by atoms with Crippen LogP contribution in [0.2, 0.25) is 0 Å². The number of alkyl halides is 3. The van der Waals surface area contributed by atoms with Crippen LogP contribution in [0.5, 0.6) is 5.88 Å². The lowest BCUT2D eigenvalue weighted by Gasteiger charge is -2.43. The molecule has 0 spiro atoms. The minimum atomic E-state index is -4.87. The van der Waals surface area contributed by atoms with E-state index in [0.717, 1.165) is 45.2 Å². The van der Waals surface area contributed by atoms with Crippen molar-refractivity contribution < 1.29 is 65.5 Å². The first kappa shape index (κ1) is 38.8. The Labute approximate surface area is 291 Å². The molecule has 13 nitrogen and oxygen atoms in total. The summed E-state index contributed by atoms with van der Waals surface area (Å²) < 4.78 is 81.1. The molecule has 2 heterocycles. The zero-order valence-corrected chi connectivity index (χ0v) is 28.4. The van der Waals surface area contributed by atoms with Gasteiger partial charge in [0.25, 0.3) is 0 Å². The molecule has 3 aromatic rings. The molecule has 1 N–H and O–H groups in total. The average molecular weight is 721 g/mol. The molecule has 1 fully saturated rings. The lowest BCUT2D eigenvalue weighted by molar-refractivity contribution is -0.289. The third-order valence-corrected chi connectivity index (χ3v) is 7.56. The smallest absolute Gasteiger partial charge is 0.433 e. The first-order valence-electron chi connectivity index (χ1n) is 16.0. The number of aryl methyl sites for hydroxylation is 1. The molecule has 1 aromatic heterocycles. The van der Waals surface area contributed by atoms with Crippen LogP contribution in [0.1, 0.15) is 62.1 Å². The molecule has 0 amide bonds. The highest BCUT2D eigenvalue weighted by Gasteiger charge is 2.54. The maximum Gasteiger partial charge on any atom is 0.433 e. The number of carbonyl (C=O) groups excluding carboxylic acids is 4. The van der Waals surface area contributed by atoms with Crippen molar-refractivity contribution in [2.24, 2.45) is 0 Å². The van der Waals surface area contributed by atoms with Gasteiger partial charge in [-0.25, -0.2) is 0 Å². The topological polar surface area (TPSA) is 162 Å². The van der Waals surface area contributed by atoms with Crippen LogP contribution in [0, 0.1) is 0 Å². The summed E-state index contributed by atoms with van der Waals surface area (Å²) in [6.45, 7) is 4.69. The van der Waals surface area contributed by atoms with Gasteiger partial charge in [0.15, 0.2) is 12.2 Å².